The molecule has 104 valence electrons. The predicted octanol–water partition coefficient (Wildman–Crippen LogP) is 4.14. The fourth-order valence-electron chi connectivity index (χ4n) is 1.68. The first kappa shape index (κ1) is 14.2. The van der Waals surface area contributed by atoms with Crippen molar-refractivity contribution in [3.8, 4) is 0 Å². The van der Waals surface area contributed by atoms with Crippen LogP contribution in [0.4, 0.5) is 20.2 Å². The minimum Gasteiger partial charge on any atom is -0.373 e. The summed E-state index contributed by atoms with van der Waals surface area (Å²) in [6.45, 7) is 0.0851. The van der Waals surface area contributed by atoms with Crippen molar-refractivity contribution in [2.75, 3.05) is 5.32 Å². The van der Waals surface area contributed by atoms with Crippen molar-refractivity contribution in [1.82, 2.24) is 0 Å². The second-order valence-electron chi connectivity index (χ2n) is 3.99. The number of nitrogens with zero attached hydrogens (tertiary/aromatic N) is 1. The van der Waals surface area contributed by atoms with Crippen molar-refractivity contribution in [3.05, 3.63) is 68.7 Å². The van der Waals surface area contributed by atoms with E-state index in [0.29, 0.717) is 5.56 Å². The Kier molecular flexibility index (Phi) is 4.14. The first-order valence-electron chi connectivity index (χ1n) is 5.59. The quantitative estimate of drug-likeness (QED) is 0.682. The van der Waals surface area contributed by atoms with E-state index in [1.54, 1.807) is 0 Å². The van der Waals surface area contributed by atoms with E-state index in [9.17, 15) is 18.9 Å². The summed E-state index contributed by atoms with van der Waals surface area (Å²) in [7, 11) is 0. The van der Waals surface area contributed by atoms with E-state index in [2.05, 4.69) is 5.32 Å². The number of hydrogen-bond acceptors (Lipinski definition) is 3. The van der Waals surface area contributed by atoms with E-state index in [1.165, 1.54) is 30.3 Å². The minimum absolute atomic E-state index is 0.0627. The van der Waals surface area contributed by atoms with E-state index in [0.717, 1.165) is 6.07 Å². The third-order valence-electron chi connectivity index (χ3n) is 2.64. The Morgan fingerprint density at radius 1 is 1.20 bits per heavy atom. The third kappa shape index (κ3) is 3.03. The number of para-hydroxylation sites is 1. The molecule has 2 aromatic rings. The van der Waals surface area contributed by atoms with Gasteiger partial charge in [-0.3, -0.25) is 10.1 Å². The smallest absolute Gasteiger partial charge is 0.295 e. The van der Waals surface area contributed by atoms with Gasteiger partial charge >= 0.3 is 0 Å². The van der Waals surface area contributed by atoms with Crippen LogP contribution in [-0.2, 0) is 6.54 Å². The molecule has 20 heavy (non-hydrogen) atoms. The molecule has 2 rings (SSSR count). The Balaban J connectivity index is 2.22. The molecule has 0 fully saturated rings. The number of halogens is 3. The van der Waals surface area contributed by atoms with Crippen LogP contribution in [-0.4, -0.2) is 4.92 Å². The summed E-state index contributed by atoms with van der Waals surface area (Å²) < 4.78 is 26.6. The molecular weight excluding hydrogens is 290 g/mol. The zero-order valence-corrected chi connectivity index (χ0v) is 10.8. The van der Waals surface area contributed by atoms with Crippen molar-refractivity contribution in [2.24, 2.45) is 0 Å². The Hall–Kier alpha value is -2.21. The Morgan fingerprint density at radius 3 is 2.60 bits per heavy atom. The number of anilines is 1. The van der Waals surface area contributed by atoms with Crippen LogP contribution in [0.2, 0.25) is 5.02 Å². The van der Waals surface area contributed by atoms with E-state index in [1.807, 2.05) is 0 Å². The average Bonchev–Trinajstić information content (AvgIpc) is 2.40. The van der Waals surface area contributed by atoms with Gasteiger partial charge in [0, 0.05) is 12.6 Å². The lowest BCUT2D eigenvalue weighted by Gasteiger charge is -2.08. The highest BCUT2D eigenvalue weighted by molar-refractivity contribution is 6.30. The zero-order chi connectivity index (χ0) is 14.7. The summed E-state index contributed by atoms with van der Waals surface area (Å²) in [6, 6.07) is 7.58. The van der Waals surface area contributed by atoms with E-state index in [4.69, 9.17) is 11.6 Å². The van der Waals surface area contributed by atoms with Crippen LogP contribution in [0.1, 0.15) is 5.56 Å². The third-order valence-corrected chi connectivity index (χ3v) is 2.93. The number of nitrogens with one attached hydrogen (secondary N) is 1. The van der Waals surface area contributed by atoms with Gasteiger partial charge in [-0.1, -0.05) is 23.7 Å². The molecule has 0 aliphatic heterocycles. The van der Waals surface area contributed by atoms with Gasteiger partial charge in [-0.05, 0) is 23.8 Å². The van der Waals surface area contributed by atoms with E-state index in [-0.39, 0.29) is 22.9 Å². The number of hydrogen-bond donors (Lipinski definition) is 1. The second-order valence-corrected chi connectivity index (χ2v) is 4.40. The molecule has 2 aromatic carbocycles. The average molecular weight is 299 g/mol. The van der Waals surface area contributed by atoms with Crippen LogP contribution in [0.3, 0.4) is 0 Å². The fourth-order valence-corrected chi connectivity index (χ4v) is 1.88. The summed E-state index contributed by atoms with van der Waals surface area (Å²) in [5.74, 6) is -1.29. The highest BCUT2D eigenvalue weighted by Crippen LogP contribution is 2.27. The van der Waals surface area contributed by atoms with Gasteiger partial charge in [0.1, 0.15) is 11.5 Å². The van der Waals surface area contributed by atoms with Crippen molar-refractivity contribution in [2.45, 2.75) is 6.54 Å². The molecule has 0 atom stereocenters. The van der Waals surface area contributed by atoms with Gasteiger partial charge in [0.15, 0.2) is 5.82 Å². The standard InChI is InChI=1S/C13H9ClF2N2O2/c14-9-6-8(4-5-10(9)15)7-17-13-11(16)2-1-3-12(13)18(19)20/h1-6,17H,7H2. The largest absolute Gasteiger partial charge is 0.373 e. The highest BCUT2D eigenvalue weighted by Gasteiger charge is 2.17. The van der Waals surface area contributed by atoms with Crippen molar-refractivity contribution in [1.29, 1.82) is 0 Å². The molecule has 0 saturated heterocycles. The number of nitro groups is 1. The number of nitro benzene ring substituents is 1. The van der Waals surface area contributed by atoms with Crippen LogP contribution >= 0.6 is 11.6 Å². The lowest BCUT2D eigenvalue weighted by molar-refractivity contribution is -0.384. The van der Waals surface area contributed by atoms with E-state index >= 15 is 0 Å². The maximum atomic E-state index is 13.6. The maximum absolute atomic E-state index is 13.6. The molecule has 1 N–H and O–H groups in total. The molecular formula is C13H9ClF2N2O2. The van der Waals surface area contributed by atoms with Gasteiger partial charge in [-0.25, -0.2) is 8.78 Å². The van der Waals surface area contributed by atoms with Crippen molar-refractivity contribution in [3.63, 3.8) is 0 Å². The normalized spacial score (nSPS) is 10.3. The Bertz CT molecular complexity index is 665. The molecule has 0 saturated carbocycles. The van der Waals surface area contributed by atoms with Gasteiger partial charge in [0.25, 0.3) is 5.69 Å². The molecule has 0 heterocycles. The summed E-state index contributed by atoms with van der Waals surface area (Å²) >= 11 is 5.62. The lowest BCUT2D eigenvalue weighted by Crippen LogP contribution is -2.05. The fraction of sp³-hybridized carbons (Fsp3) is 0.0769. The molecule has 0 bridgehead atoms. The van der Waals surface area contributed by atoms with Crippen molar-refractivity contribution < 1.29 is 13.7 Å². The lowest BCUT2D eigenvalue weighted by atomic mass is 10.2. The number of rotatable bonds is 4. The molecule has 4 nitrogen and oxygen atoms in total. The van der Waals surface area contributed by atoms with Crippen LogP contribution in [0.15, 0.2) is 36.4 Å². The van der Waals surface area contributed by atoms with Gasteiger partial charge in [0.05, 0.1) is 9.95 Å². The molecule has 0 aliphatic carbocycles. The van der Waals surface area contributed by atoms with Crippen LogP contribution in [0, 0.1) is 21.7 Å². The highest BCUT2D eigenvalue weighted by atomic mass is 35.5. The summed E-state index contributed by atoms with van der Waals surface area (Å²) in [6.07, 6.45) is 0. The molecule has 7 heteroatoms. The molecule has 0 unspecified atom stereocenters. The van der Waals surface area contributed by atoms with Crippen LogP contribution in [0.5, 0.6) is 0 Å². The predicted molar refractivity (Wildman–Crippen MR) is 71.8 cm³/mol. The van der Waals surface area contributed by atoms with Gasteiger partial charge in [0.2, 0.25) is 0 Å². The van der Waals surface area contributed by atoms with Crippen molar-refractivity contribution >= 4 is 23.0 Å². The van der Waals surface area contributed by atoms with E-state index < -0.39 is 16.6 Å². The molecule has 0 aromatic heterocycles. The maximum Gasteiger partial charge on any atom is 0.295 e. The first-order valence-corrected chi connectivity index (χ1v) is 5.97. The molecule has 0 amide bonds. The Morgan fingerprint density at radius 2 is 1.95 bits per heavy atom. The SMILES string of the molecule is O=[N+]([O-])c1cccc(F)c1NCc1ccc(F)c(Cl)c1. The first-order chi connectivity index (χ1) is 9.49. The summed E-state index contributed by atoms with van der Waals surface area (Å²) in [5, 5.41) is 13.4. The molecule has 0 spiro atoms. The monoisotopic (exact) mass is 298 g/mol. The Labute approximate surface area is 118 Å². The summed E-state index contributed by atoms with van der Waals surface area (Å²) in [4.78, 5) is 10.1. The zero-order valence-electron chi connectivity index (χ0n) is 10.1. The van der Waals surface area contributed by atoms with Gasteiger partial charge < -0.3 is 5.32 Å². The van der Waals surface area contributed by atoms with Gasteiger partial charge in [-0.15, -0.1) is 0 Å². The topological polar surface area (TPSA) is 55.2 Å². The summed E-state index contributed by atoms with van der Waals surface area (Å²) in [5.41, 5.74) is 0.00473. The molecule has 0 radical (unpaired) electrons. The van der Waals surface area contributed by atoms with Crippen LogP contribution in [0.25, 0.3) is 0 Å². The number of benzene rings is 2. The second kappa shape index (κ2) is 5.83. The van der Waals surface area contributed by atoms with Gasteiger partial charge in [-0.2, -0.15) is 0 Å². The van der Waals surface area contributed by atoms with Crippen LogP contribution < -0.4 is 5.32 Å². The minimum atomic E-state index is -0.729. The molecule has 0 aliphatic rings.